The normalized spacial score (nSPS) is 10.4. The van der Waals surface area contributed by atoms with Crippen LogP contribution in [0.1, 0.15) is 0 Å². The number of nitrogens with zero attached hydrogens (tertiary/aromatic N) is 3. The minimum absolute atomic E-state index is 0. The van der Waals surface area contributed by atoms with E-state index < -0.39 is 0 Å². The molecule has 0 radical (unpaired) electrons. The van der Waals surface area contributed by atoms with Crippen LogP contribution >= 0.6 is 11.8 Å². The standard InChI is InChI=1S/C14H14N3S.HI/c1-16-13-9-5-6-10-14(13)17(15-16)11-18-12-7-3-2-4-8-12;/h2-10H,11H2,1H3;1H/q+1;/p-1. The predicted molar refractivity (Wildman–Crippen MR) is 73.2 cm³/mol. The fraction of sp³-hybridized carbons (Fsp3) is 0.143. The fourth-order valence-electron chi connectivity index (χ4n) is 1.96. The maximum absolute atomic E-state index is 4.52. The lowest BCUT2D eigenvalue weighted by Gasteiger charge is -1.97. The van der Waals surface area contributed by atoms with Gasteiger partial charge in [-0.2, -0.15) is 0 Å². The lowest BCUT2D eigenvalue weighted by Crippen LogP contribution is -3.00. The third-order valence-electron chi connectivity index (χ3n) is 2.85. The number of aromatic nitrogens is 3. The Bertz CT molecular complexity index is 667. The Morgan fingerprint density at radius 3 is 2.53 bits per heavy atom. The minimum Gasteiger partial charge on any atom is -1.00 e. The summed E-state index contributed by atoms with van der Waals surface area (Å²) in [6.07, 6.45) is 0. The first-order valence-electron chi connectivity index (χ1n) is 5.84. The van der Waals surface area contributed by atoms with Crippen molar-refractivity contribution in [3.05, 3.63) is 54.6 Å². The molecule has 0 aliphatic rings. The Kier molecular flexibility index (Phi) is 4.81. The van der Waals surface area contributed by atoms with E-state index in [0.717, 1.165) is 11.4 Å². The van der Waals surface area contributed by atoms with Crippen molar-refractivity contribution in [1.29, 1.82) is 0 Å². The van der Waals surface area contributed by atoms with Gasteiger partial charge in [0.25, 0.3) is 0 Å². The highest BCUT2D eigenvalue weighted by molar-refractivity contribution is 7.98. The summed E-state index contributed by atoms with van der Waals surface area (Å²) in [5.41, 5.74) is 2.33. The third-order valence-corrected chi connectivity index (χ3v) is 3.83. The third kappa shape index (κ3) is 3.09. The van der Waals surface area contributed by atoms with E-state index in [1.54, 1.807) is 11.8 Å². The van der Waals surface area contributed by atoms with Crippen molar-refractivity contribution in [2.45, 2.75) is 10.8 Å². The van der Waals surface area contributed by atoms with E-state index >= 15 is 0 Å². The molecule has 0 unspecified atom stereocenters. The van der Waals surface area contributed by atoms with Gasteiger partial charge >= 0.3 is 0 Å². The molecule has 0 bridgehead atoms. The number of benzene rings is 2. The lowest BCUT2D eigenvalue weighted by molar-refractivity contribution is -0.709. The summed E-state index contributed by atoms with van der Waals surface area (Å²) in [5, 5.41) is 4.52. The van der Waals surface area contributed by atoms with E-state index in [1.165, 1.54) is 10.4 Å². The molecule has 0 N–H and O–H groups in total. The molecule has 3 nitrogen and oxygen atoms in total. The summed E-state index contributed by atoms with van der Waals surface area (Å²) in [4.78, 5) is 1.26. The maximum Gasteiger partial charge on any atom is 0.199 e. The van der Waals surface area contributed by atoms with Crippen molar-refractivity contribution < 1.29 is 28.7 Å². The van der Waals surface area contributed by atoms with Crippen molar-refractivity contribution in [1.82, 2.24) is 9.90 Å². The summed E-state index contributed by atoms with van der Waals surface area (Å²) in [5.74, 6) is 0.825. The summed E-state index contributed by atoms with van der Waals surface area (Å²) >= 11 is 1.79. The number of fused-ring (bicyclic) bond motifs is 1. The summed E-state index contributed by atoms with van der Waals surface area (Å²) in [6, 6.07) is 18.7. The highest BCUT2D eigenvalue weighted by Gasteiger charge is 2.14. The molecule has 0 saturated carbocycles. The van der Waals surface area contributed by atoms with Gasteiger partial charge in [-0.25, -0.2) is 0 Å². The number of rotatable bonds is 3. The van der Waals surface area contributed by atoms with Crippen LogP contribution in [0.4, 0.5) is 0 Å². The Morgan fingerprint density at radius 1 is 1.05 bits per heavy atom. The van der Waals surface area contributed by atoms with Crippen LogP contribution < -0.4 is 28.7 Å². The predicted octanol–water partition coefficient (Wildman–Crippen LogP) is -0.385. The molecule has 0 saturated heterocycles. The topological polar surface area (TPSA) is 21.7 Å². The van der Waals surface area contributed by atoms with Gasteiger partial charge in [0.2, 0.25) is 0 Å². The largest absolute Gasteiger partial charge is 1.00 e. The first-order chi connectivity index (χ1) is 8.84. The Morgan fingerprint density at radius 2 is 1.74 bits per heavy atom. The lowest BCUT2D eigenvalue weighted by atomic mass is 10.3. The van der Waals surface area contributed by atoms with Gasteiger partial charge in [0.05, 0.1) is 5.21 Å². The smallest absolute Gasteiger partial charge is 0.199 e. The van der Waals surface area contributed by atoms with Crippen molar-refractivity contribution in [2.24, 2.45) is 7.05 Å². The molecule has 98 valence electrons. The summed E-state index contributed by atoms with van der Waals surface area (Å²) in [7, 11) is 1.98. The Hall–Kier alpha value is -1.08. The first-order valence-corrected chi connectivity index (χ1v) is 6.83. The van der Waals surface area contributed by atoms with E-state index in [-0.39, 0.29) is 24.0 Å². The molecule has 0 spiro atoms. The SMILES string of the molecule is C[n+]1nn(CSc2ccccc2)c2ccccc21.[I-]. The average Bonchev–Trinajstić information content (AvgIpc) is 2.75. The zero-order valence-electron chi connectivity index (χ0n) is 10.5. The van der Waals surface area contributed by atoms with Gasteiger partial charge < -0.3 is 24.0 Å². The zero-order valence-corrected chi connectivity index (χ0v) is 13.5. The van der Waals surface area contributed by atoms with Crippen molar-refractivity contribution >= 4 is 22.8 Å². The van der Waals surface area contributed by atoms with Crippen LogP contribution in [0.15, 0.2) is 59.5 Å². The van der Waals surface area contributed by atoms with Crippen LogP contribution in [0.3, 0.4) is 0 Å². The second kappa shape index (κ2) is 6.38. The molecule has 0 aliphatic carbocycles. The molecule has 1 aromatic heterocycles. The highest BCUT2D eigenvalue weighted by Crippen LogP contribution is 2.20. The number of para-hydroxylation sites is 2. The highest BCUT2D eigenvalue weighted by atomic mass is 127. The van der Waals surface area contributed by atoms with Crippen LogP contribution in [0.5, 0.6) is 0 Å². The summed E-state index contributed by atoms with van der Waals surface area (Å²) < 4.78 is 3.95. The van der Waals surface area contributed by atoms with Crippen LogP contribution in [-0.4, -0.2) is 9.90 Å². The number of halogens is 1. The second-order valence-electron chi connectivity index (χ2n) is 4.09. The van der Waals surface area contributed by atoms with Crippen LogP contribution in [0.2, 0.25) is 0 Å². The van der Waals surface area contributed by atoms with Crippen molar-refractivity contribution in [3.8, 4) is 0 Å². The van der Waals surface area contributed by atoms with Crippen LogP contribution in [-0.2, 0) is 12.9 Å². The molecular weight excluding hydrogens is 369 g/mol. The van der Waals surface area contributed by atoms with Gasteiger partial charge in [0.15, 0.2) is 16.9 Å². The van der Waals surface area contributed by atoms with Gasteiger partial charge in [-0.3, -0.25) is 0 Å². The number of hydrogen-bond donors (Lipinski definition) is 0. The number of thioether (sulfide) groups is 1. The first kappa shape index (κ1) is 14.3. The molecule has 0 atom stereocenters. The Balaban J connectivity index is 0.00000133. The van der Waals surface area contributed by atoms with Gasteiger partial charge in [-0.15, -0.1) is 9.36 Å². The van der Waals surface area contributed by atoms with Gasteiger partial charge in [-0.1, -0.05) is 42.1 Å². The molecule has 0 aliphatic heterocycles. The second-order valence-corrected chi connectivity index (χ2v) is 5.11. The van der Waals surface area contributed by atoms with Crippen molar-refractivity contribution in [2.75, 3.05) is 0 Å². The maximum atomic E-state index is 4.52. The molecule has 5 heteroatoms. The van der Waals surface area contributed by atoms with E-state index in [1.807, 2.05) is 34.6 Å². The zero-order chi connectivity index (χ0) is 12.4. The molecule has 1 heterocycles. The molecule has 0 amide bonds. The monoisotopic (exact) mass is 383 g/mol. The quantitative estimate of drug-likeness (QED) is 0.349. The minimum atomic E-state index is 0. The number of aryl methyl sites for hydroxylation is 1. The molecular formula is C14H14IN3S. The van der Waals surface area contributed by atoms with E-state index in [2.05, 4.69) is 41.6 Å². The molecule has 2 aromatic carbocycles. The van der Waals surface area contributed by atoms with Gasteiger partial charge in [0.1, 0.15) is 7.05 Å². The summed E-state index contributed by atoms with van der Waals surface area (Å²) in [6.45, 7) is 0. The van der Waals surface area contributed by atoms with Gasteiger partial charge in [0, 0.05) is 4.90 Å². The molecule has 3 aromatic rings. The average molecular weight is 383 g/mol. The van der Waals surface area contributed by atoms with E-state index in [9.17, 15) is 0 Å². The van der Waals surface area contributed by atoms with Gasteiger partial charge in [-0.05, 0) is 24.3 Å². The molecule has 19 heavy (non-hydrogen) atoms. The Labute approximate surface area is 133 Å². The number of hydrogen-bond acceptors (Lipinski definition) is 2. The molecule has 3 rings (SSSR count). The van der Waals surface area contributed by atoms with Crippen molar-refractivity contribution in [3.63, 3.8) is 0 Å². The van der Waals surface area contributed by atoms with E-state index in [4.69, 9.17) is 0 Å². The fourth-order valence-corrected chi connectivity index (χ4v) is 2.77. The van der Waals surface area contributed by atoms with E-state index in [0.29, 0.717) is 0 Å². The molecule has 0 fully saturated rings. The van der Waals surface area contributed by atoms with Crippen LogP contribution in [0, 0.1) is 0 Å². The van der Waals surface area contributed by atoms with Crippen LogP contribution in [0.25, 0.3) is 11.0 Å².